The molecule has 12 heavy (non-hydrogen) atoms. The van der Waals surface area contributed by atoms with E-state index in [2.05, 4.69) is 32.0 Å². The second kappa shape index (κ2) is 4.56. The number of hydrogen-bond donors (Lipinski definition) is 0. The van der Waals surface area contributed by atoms with Gasteiger partial charge in [0.25, 0.3) is 0 Å². The summed E-state index contributed by atoms with van der Waals surface area (Å²) in [6.07, 6.45) is 2.15. The highest BCUT2D eigenvalue weighted by Gasteiger charge is 1.97. The maximum atomic E-state index is 4.95. The van der Waals surface area contributed by atoms with Crippen LogP contribution >= 0.6 is 12.6 Å². The first-order valence-electron chi connectivity index (χ1n) is 4.44. The molecule has 0 saturated carbocycles. The molecule has 0 fully saturated rings. The molecule has 0 spiro atoms. The van der Waals surface area contributed by atoms with Gasteiger partial charge in [-0.2, -0.15) is 0 Å². The molecular weight excluding hydrogens is 164 g/mol. The molecule has 1 aromatic carbocycles. The second-order valence-corrected chi connectivity index (χ2v) is 3.48. The fourth-order valence-electron chi connectivity index (χ4n) is 1.37. The van der Waals surface area contributed by atoms with Crippen molar-refractivity contribution in [3.63, 3.8) is 0 Å². The minimum absolute atomic E-state index is 0.826. The molecule has 1 radical (unpaired) electrons. The summed E-state index contributed by atoms with van der Waals surface area (Å²) in [4.78, 5) is 0. The molecule has 1 rings (SSSR count). The predicted octanol–water partition coefficient (Wildman–Crippen LogP) is 3.30. The minimum atomic E-state index is 0.826. The van der Waals surface area contributed by atoms with Crippen LogP contribution in [0.2, 0.25) is 0 Å². The number of hydrogen-bond acceptors (Lipinski definition) is 0. The van der Waals surface area contributed by atoms with Gasteiger partial charge in [0.2, 0.25) is 0 Å². The molecule has 0 atom stereocenters. The monoisotopic (exact) mass is 179 g/mol. The third-order valence-corrected chi connectivity index (χ3v) is 2.39. The lowest BCUT2D eigenvalue weighted by Gasteiger charge is -2.05. The second-order valence-electron chi connectivity index (χ2n) is 3.07. The standard InChI is InChI=1S/C11H15S/c1-3-10-4-5-11(6-7-12)9(2)8-10/h4-5,8H,3,6-7H2,1-2H3. The summed E-state index contributed by atoms with van der Waals surface area (Å²) in [5, 5.41) is 0. The molecule has 65 valence electrons. The summed E-state index contributed by atoms with van der Waals surface area (Å²) in [6, 6.07) is 6.67. The lowest BCUT2D eigenvalue weighted by atomic mass is 10.0. The van der Waals surface area contributed by atoms with Gasteiger partial charge in [-0.15, -0.1) is 0 Å². The van der Waals surface area contributed by atoms with Gasteiger partial charge < -0.3 is 0 Å². The lowest BCUT2D eigenvalue weighted by molar-refractivity contribution is 1.08. The van der Waals surface area contributed by atoms with Gasteiger partial charge in [0.05, 0.1) is 0 Å². The van der Waals surface area contributed by atoms with Crippen LogP contribution in [-0.4, -0.2) is 5.75 Å². The number of aryl methyl sites for hydroxylation is 3. The van der Waals surface area contributed by atoms with E-state index in [9.17, 15) is 0 Å². The van der Waals surface area contributed by atoms with E-state index >= 15 is 0 Å². The van der Waals surface area contributed by atoms with Gasteiger partial charge in [-0.3, -0.25) is 0 Å². The van der Waals surface area contributed by atoms with E-state index in [1.165, 1.54) is 16.7 Å². The molecule has 1 heteroatoms. The summed E-state index contributed by atoms with van der Waals surface area (Å²) >= 11 is 4.95. The van der Waals surface area contributed by atoms with E-state index < -0.39 is 0 Å². The van der Waals surface area contributed by atoms with Gasteiger partial charge in [0.1, 0.15) is 0 Å². The average Bonchev–Trinajstić information content (AvgIpc) is 2.09. The van der Waals surface area contributed by atoms with E-state index in [-0.39, 0.29) is 0 Å². The molecule has 0 amide bonds. The van der Waals surface area contributed by atoms with Crippen molar-refractivity contribution in [2.45, 2.75) is 26.7 Å². The van der Waals surface area contributed by atoms with Crippen molar-refractivity contribution in [1.82, 2.24) is 0 Å². The fourth-order valence-corrected chi connectivity index (χ4v) is 1.59. The number of rotatable bonds is 3. The SMILES string of the molecule is CCc1ccc(CC[S])c(C)c1. The van der Waals surface area contributed by atoms with E-state index in [4.69, 9.17) is 12.6 Å². The number of benzene rings is 1. The van der Waals surface area contributed by atoms with Crippen LogP contribution in [0.15, 0.2) is 18.2 Å². The molecule has 0 nitrogen and oxygen atoms in total. The molecular formula is C11H15S. The van der Waals surface area contributed by atoms with Gasteiger partial charge in [-0.1, -0.05) is 37.8 Å². The smallest absolute Gasteiger partial charge is 0.00775 e. The summed E-state index contributed by atoms with van der Waals surface area (Å²) in [5.41, 5.74) is 4.21. The maximum absolute atomic E-state index is 4.95. The molecule has 0 aromatic heterocycles. The van der Waals surface area contributed by atoms with Crippen molar-refractivity contribution in [3.05, 3.63) is 34.9 Å². The van der Waals surface area contributed by atoms with Crippen molar-refractivity contribution in [2.24, 2.45) is 0 Å². The van der Waals surface area contributed by atoms with Gasteiger partial charge in [-0.05, 0) is 36.5 Å². The zero-order chi connectivity index (χ0) is 8.97. The zero-order valence-corrected chi connectivity index (χ0v) is 8.58. The molecule has 0 N–H and O–H groups in total. The maximum Gasteiger partial charge on any atom is 0.00775 e. The summed E-state index contributed by atoms with van der Waals surface area (Å²) < 4.78 is 0. The molecule has 1 aromatic rings. The van der Waals surface area contributed by atoms with Crippen molar-refractivity contribution in [2.75, 3.05) is 5.75 Å². The van der Waals surface area contributed by atoms with E-state index in [1.807, 2.05) is 0 Å². The largest absolute Gasteiger partial charge is 0.0938 e. The first-order chi connectivity index (χ1) is 5.77. The lowest BCUT2D eigenvalue weighted by Crippen LogP contribution is -1.92. The van der Waals surface area contributed by atoms with Crippen molar-refractivity contribution >= 4 is 12.6 Å². The Morgan fingerprint density at radius 1 is 1.33 bits per heavy atom. The molecule has 0 aliphatic rings. The van der Waals surface area contributed by atoms with Gasteiger partial charge in [0.15, 0.2) is 0 Å². The molecule has 0 aliphatic carbocycles. The molecule has 0 unspecified atom stereocenters. The van der Waals surface area contributed by atoms with E-state index in [0.29, 0.717) is 0 Å². The van der Waals surface area contributed by atoms with Crippen LogP contribution in [0.1, 0.15) is 23.6 Å². The Bertz CT molecular complexity index is 253. The van der Waals surface area contributed by atoms with Crippen LogP contribution in [0.25, 0.3) is 0 Å². The Kier molecular flexibility index (Phi) is 3.67. The Labute approximate surface area is 80.4 Å². The average molecular weight is 179 g/mol. The Balaban J connectivity index is 2.87. The normalized spacial score (nSPS) is 10.2. The summed E-state index contributed by atoms with van der Waals surface area (Å²) in [6.45, 7) is 4.35. The Hall–Kier alpha value is -0.430. The third-order valence-electron chi connectivity index (χ3n) is 2.19. The van der Waals surface area contributed by atoms with Crippen LogP contribution in [-0.2, 0) is 12.8 Å². The summed E-state index contributed by atoms with van der Waals surface area (Å²) in [5.74, 6) is 0.826. The van der Waals surface area contributed by atoms with Crippen LogP contribution in [0.4, 0.5) is 0 Å². The third kappa shape index (κ3) is 2.28. The van der Waals surface area contributed by atoms with Gasteiger partial charge in [-0.25, -0.2) is 0 Å². The van der Waals surface area contributed by atoms with Gasteiger partial charge in [0, 0.05) is 5.75 Å². The molecule has 0 heterocycles. The highest BCUT2D eigenvalue weighted by atomic mass is 32.1. The molecule has 0 saturated heterocycles. The predicted molar refractivity (Wildman–Crippen MR) is 56.7 cm³/mol. The van der Waals surface area contributed by atoms with Gasteiger partial charge >= 0.3 is 0 Å². The van der Waals surface area contributed by atoms with Crippen molar-refractivity contribution < 1.29 is 0 Å². The first-order valence-corrected chi connectivity index (χ1v) is 5.02. The quantitative estimate of drug-likeness (QED) is 0.668. The Morgan fingerprint density at radius 2 is 2.08 bits per heavy atom. The Morgan fingerprint density at radius 3 is 2.58 bits per heavy atom. The fraction of sp³-hybridized carbons (Fsp3) is 0.455. The summed E-state index contributed by atoms with van der Waals surface area (Å²) in [7, 11) is 0. The van der Waals surface area contributed by atoms with E-state index in [1.54, 1.807) is 0 Å². The van der Waals surface area contributed by atoms with E-state index in [0.717, 1.165) is 18.6 Å². The van der Waals surface area contributed by atoms with Crippen LogP contribution < -0.4 is 0 Å². The van der Waals surface area contributed by atoms with Crippen LogP contribution in [0.5, 0.6) is 0 Å². The molecule has 0 aliphatic heterocycles. The molecule has 0 bridgehead atoms. The zero-order valence-electron chi connectivity index (χ0n) is 7.76. The van der Waals surface area contributed by atoms with Crippen LogP contribution in [0.3, 0.4) is 0 Å². The highest BCUT2D eigenvalue weighted by Crippen LogP contribution is 2.12. The highest BCUT2D eigenvalue weighted by molar-refractivity contribution is 7.80. The first kappa shape index (κ1) is 9.66. The van der Waals surface area contributed by atoms with Crippen LogP contribution in [0, 0.1) is 6.92 Å². The minimum Gasteiger partial charge on any atom is -0.0938 e. The topological polar surface area (TPSA) is 0 Å². The van der Waals surface area contributed by atoms with Crippen molar-refractivity contribution in [3.8, 4) is 0 Å². The van der Waals surface area contributed by atoms with Crippen molar-refractivity contribution in [1.29, 1.82) is 0 Å².